The highest BCUT2D eigenvalue weighted by Crippen LogP contribution is 1.98. The van der Waals surface area contributed by atoms with Crippen molar-refractivity contribution in [2.45, 2.75) is 13.2 Å². The van der Waals surface area contributed by atoms with E-state index in [0.29, 0.717) is 0 Å². The lowest BCUT2D eigenvalue weighted by molar-refractivity contribution is -0.141. The van der Waals surface area contributed by atoms with Gasteiger partial charge < -0.3 is 25.5 Å². The van der Waals surface area contributed by atoms with Gasteiger partial charge in [-0.3, -0.25) is 33.9 Å². The smallest absolute Gasteiger partial charge is 0.317 e. The van der Waals surface area contributed by atoms with Gasteiger partial charge in [0.25, 0.3) is 0 Å². The Hall–Kier alpha value is -2.12. The summed E-state index contributed by atoms with van der Waals surface area (Å²) in [6, 6.07) is 0. The second-order valence-electron chi connectivity index (χ2n) is 6.09. The molecular weight excluding hydrogens is 366 g/mol. The number of aliphatic carboxylic acids is 3. The number of hydrogen-bond donors (Lipinski definition) is 5. The Balaban J connectivity index is 4.82. The minimum atomic E-state index is -1.74. The molecule has 0 saturated heterocycles. The van der Waals surface area contributed by atoms with Crippen molar-refractivity contribution in [2.75, 3.05) is 58.9 Å². The summed E-state index contributed by atoms with van der Waals surface area (Å²) in [6.45, 7) is 0.137. The molecule has 5 N–H and O–H groups in total. The van der Waals surface area contributed by atoms with E-state index in [1.54, 1.807) is 0 Å². The molecule has 12 heteroatoms. The van der Waals surface area contributed by atoms with E-state index in [9.17, 15) is 19.2 Å². The molecule has 0 aliphatic heterocycles. The molecule has 0 unspecified atom stereocenters. The van der Waals surface area contributed by atoms with Crippen LogP contribution in [0.4, 0.5) is 0 Å². The van der Waals surface area contributed by atoms with E-state index < -0.39 is 30.7 Å². The predicted molar refractivity (Wildman–Crippen MR) is 91.1 cm³/mol. The Labute approximate surface area is 156 Å². The zero-order chi connectivity index (χ0) is 21.0. The lowest BCUT2D eigenvalue weighted by Gasteiger charge is -2.28. The third kappa shape index (κ3) is 14.7. The highest BCUT2D eigenvalue weighted by Gasteiger charge is 2.18. The topological polar surface area (TPSA) is 179 Å². The normalized spacial score (nSPS) is 11.5. The van der Waals surface area contributed by atoms with Gasteiger partial charge in [0.2, 0.25) is 0 Å². The first-order valence-corrected chi connectivity index (χ1v) is 8.17. The van der Waals surface area contributed by atoms with Crippen LogP contribution >= 0.6 is 0 Å². The molecule has 0 rings (SSSR count). The lowest BCUT2D eigenvalue weighted by atomic mass is 10.3. The van der Waals surface area contributed by atoms with Gasteiger partial charge in [0, 0.05) is 32.7 Å². The molecular formula is C15H27N3O9. The molecule has 12 nitrogen and oxygen atoms in total. The third-order valence-electron chi connectivity index (χ3n) is 3.41. The van der Waals surface area contributed by atoms with E-state index in [4.69, 9.17) is 25.5 Å². The van der Waals surface area contributed by atoms with Crippen molar-refractivity contribution in [1.29, 1.82) is 0 Å². The van der Waals surface area contributed by atoms with E-state index in [-0.39, 0.29) is 58.1 Å². The van der Waals surface area contributed by atoms with Crippen LogP contribution in [0.1, 0.15) is 6.92 Å². The van der Waals surface area contributed by atoms with Crippen LogP contribution in [0.15, 0.2) is 0 Å². The fourth-order valence-electron chi connectivity index (χ4n) is 2.40. The number of aliphatic hydroxyl groups excluding tert-OH is 1. The first kappa shape index (κ1) is 24.9. The standard InChI is InChI=1S/C15H27N3O9/c1-11(19)6-17(8-13(22)23)4-2-16(7-12(20)21)3-5-18(9-14(24)25)10-15(26)27/h14,24-25H,2-10H2,1H3,(H,20,21)(H,22,23)(H,26,27). The maximum absolute atomic E-state index is 11.2. The molecule has 0 aromatic rings. The number of nitrogens with zero attached hydrogens (tertiary/aromatic N) is 3. The maximum atomic E-state index is 11.2. The van der Waals surface area contributed by atoms with Crippen LogP contribution in [0.2, 0.25) is 0 Å². The van der Waals surface area contributed by atoms with Crippen LogP contribution in [0.25, 0.3) is 0 Å². The Kier molecular flexibility index (Phi) is 12.1. The summed E-state index contributed by atoms with van der Waals surface area (Å²) in [5.74, 6) is -3.65. The van der Waals surface area contributed by atoms with Crippen LogP contribution in [-0.4, -0.2) is 129 Å². The van der Waals surface area contributed by atoms with E-state index >= 15 is 0 Å². The zero-order valence-electron chi connectivity index (χ0n) is 15.2. The number of aliphatic hydroxyl groups is 2. The van der Waals surface area contributed by atoms with E-state index in [0.717, 1.165) is 0 Å². The van der Waals surface area contributed by atoms with E-state index in [1.165, 1.54) is 21.6 Å². The predicted octanol–water partition coefficient (Wildman–Crippen LogP) is -2.95. The van der Waals surface area contributed by atoms with E-state index in [1.807, 2.05) is 0 Å². The number of hydrogen-bond acceptors (Lipinski definition) is 9. The van der Waals surface area contributed by atoms with Crippen LogP contribution in [-0.2, 0) is 19.2 Å². The van der Waals surface area contributed by atoms with Crippen molar-refractivity contribution in [3.8, 4) is 0 Å². The number of carbonyl (C=O) groups excluding carboxylic acids is 1. The van der Waals surface area contributed by atoms with Crippen molar-refractivity contribution in [2.24, 2.45) is 0 Å². The first-order valence-electron chi connectivity index (χ1n) is 8.17. The summed E-state index contributed by atoms with van der Waals surface area (Å²) in [7, 11) is 0. The molecule has 0 aromatic heterocycles. The van der Waals surface area contributed by atoms with Crippen molar-refractivity contribution >= 4 is 23.7 Å². The lowest BCUT2D eigenvalue weighted by Crippen LogP contribution is -2.45. The molecule has 0 bridgehead atoms. The number of Topliss-reactive ketones (excluding diaryl/α,β-unsaturated/α-hetero) is 1. The minimum absolute atomic E-state index is 0.0584. The highest BCUT2D eigenvalue weighted by atomic mass is 16.5. The van der Waals surface area contributed by atoms with Crippen LogP contribution in [0.3, 0.4) is 0 Å². The van der Waals surface area contributed by atoms with Gasteiger partial charge in [-0.25, -0.2) is 0 Å². The molecule has 156 valence electrons. The van der Waals surface area contributed by atoms with Crippen LogP contribution in [0, 0.1) is 0 Å². The molecule has 27 heavy (non-hydrogen) atoms. The second kappa shape index (κ2) is 13.1. The molecule has 0 radical (unpaired) electrons. The fraction of sp³-hybridized carbons (Fsp3) is 0.733. The molecule has 0 heterocycles. The van der Waals surface area contributed by atoms with Gasteiger partial charge in [0.05, 0.1) is 26.2 Å². The summed E-state index contributed by atoms with van der Waals surface area (Å²) >= 11 is 0. The average Bonchev–Trinajstić information content (AvgIpc) is 2.46. The SMILES string of the molecule is CC(=O)CN(CCN(CCN(CC(=O)O)CC(O)O)CC(=O)O)CC(=O)O. The Morgan fingerprint density at radius 2 is 1.04 bits per heavy atom. The van der Waals surface area contributed by atoms with Gasteiger partial charge in [0.1, 0.15) is 5.78 Å². The molecule has 0 amide bonds. The van der Waals surface area contributed by atoms with Crippen molar-refractivity contribution in [1.82, 2.24) is 14.7 Å². The van der Waals surface area contributed by atoms with Gasteiger partial charge in [-0.15, -0.1) is 0 Å². The van der Waals surface area contributed by atoms with Gasteiger partial charge in [-0.2, -0.15) is 0 Å². The van der Waals surface area contributed by atoms with Crippen molar-refractivity contribution in [3.05, 3.63) is 0 Å². The quantitative estimate of drug-likeness (QED) is 0.169. The van der Waals surface area contributed by atoms with E-state index in [2.05, 4.69) is 0 Å². The van der Waals surface area contributed by atoms with Crippen molar-refractivity contribution in [3.63, 3.8) is 0 Å². The minimum Gasteiger partial charge on any atom is -0.480 e. The molecule has 0 saturated carbocycles. The third-order valence-corrected chi connectivity index (χ3v) is 3.41. The largest absolute Gasteiger partial charge is 0.480 e. The summed E-state index contributed by atoms with van der Waals surface area (Å²) in [5, 5.41) is 44.7. The van der Waals surface area contributed by atoms with Gasteiger partial charge in [-0.1, -0.05) is 0 Å². The number of carboxylic acid groups (broad SMARTS) is 3. The fourth-order valence-corrected chi connectivity index (χ4v) is 2.40. The highest BCUT2D eigenvalue weighted by molar-refractivity contribution is 5.78. The Bertz CT molecular complexity index is 497. The van der Waals surface area contributed by atoms with Gasteiger partial charge >= 0.3 is 17.9 Å². The van der Waals surface area contributed by atoms with Gasteiger partial charge in [0.15, 0.2) is 6.29 Å². The number of carbonyl (C=O) groups is 4. The molecule has 0 aliphatic carbocycles. The van der Waals surface area contributed by atoms with Crippen LogP contribution in [0.5, 0.6) is 0 Å². The Morgan fingerprint density at radius 1 is 0.667 bits per heavy atom. The van der Waals surface area contributed by atoms with Crippen molar-refractivity contribution < 1.29 is 44.7 Å². The second-order valence-corrected chi connectivity index (χ2v) is 6.09. The van der Waals surface area contributed by atoms with Gasteiger partial charge in [-0.05, 0) is 6.92 Å². The maximum Gasteiger partial charge on any atom is 0.317 e. The molecule has 0 aromatic carbocycles. The zero-order valence-corrected chi connectivity index (χ0v) is 15.2. The summed E-state index contributed by atoms with van der Waals surface area (Å²) < 4.78 is 0. The Morgan fingerprint density at radius 3 is 1.44 bits per heavy atom. The number of ketones is 1. The number of rotatable bonds is 16. The first-order chi connectivity index (χ1) is 12.5. The molecule has 0 spiro atoms. The number of carboxylic acids is 3. The summed E-state index contributed by atoms with van der Waals surface area (Å²) in [6.07, 6.45) is -1.74. The summed E-state index contributed by atoms with van der Waals surface area (Å²) in [5.41, 5.74) is 0. The van der Waals surface area contributed by atoms with Crippen LogP contribution < -0.4 is 0 Å². The summed E-state index contributed by atoms with van der Waals surface area (Å²) in [4.78, 5) is 48.0. The molecule has 0 fully saturated rings. The molecule has 0 aliphatic rings. The molecule has 0 atom stereocenters. The monoisotopic (exact) mass is 393 g/mol. The average molecular weight is 393 g/mol.